The van der Waals surface area contributed by atoms with Crippen LogP contribution < -0.4 is 10.2 Å². The quantitative estimate of drug-likeness (QED) is 0.924. The van der Waals surface area contributed by atoms with Gasteiger partial charge in [-0.2, -0.15) is 0 Å². The van der Waals surface area contributed by atoms with Gasteiger partial charge in [-0.05, 0) is 64.5 Å². The summed E-state index contributed by atoms with van der Waals surface area (Å²) in [4.78, 5) is 4.75. The van der Waals surface area contributed by atoms with Crippen LogP contribution in [0.15, 0.2) is 18.2 Å². The molecule has 0 atom stereocenters. The molecule has 1 fully saturated rings. The Morgan fingerprint density at radius 3 is 2.62 bits per heavy atom. The molecule has 0 radical (unpaired) electrons. The van der Waals surface area contributed by atoms with Crippen molar-refractivity contribution in [3.63, 3.8) is 0 Å². The monoisotopic (exact) mass is 293 g/mol. The predicted octanol–water partition coefficient (Wildman–Crippen LogP) is 2.86. The van der Waals surface area contributed by atoms with Crippen LogP contribution in [0.5, 0.6) is 0 Å². The van der Waals surface area contributed by atoms with Gasteiger partial charge in [-0.25, -0.2) is 4.39 Å². The van der Waals surface area contributed by atoms with E-state index in [0.717, 1.165) is 38.2 Å². The Labute approximate surface area is 128 Å². The summed E-state index contributed by atoms with van der Waals surface area (Å²) in [7, 11) is 2.16. The van der Waals surface area contributed by atoms with Crippen LogP contribution in [0.25, 0.3) is 0 Å². The zero-order valence-electron chi connectivity index (χ0n) is 13.7. The van der Waals surface area contributed by atoms with E-state index in [1.54, 1.807) is 12.1 Å². The molecule has 0 unspecified atom stereocenters. The Bertz CT molecular complexity index is 468. The van der Waals surface area contributed by atoms with Crippen LogP contribution in [0.2, 0.25) is 0 Å². The molecule has 118 valence electrons. The molecule has 1 aliphatic heterocycles. The van der Waals surface area contributed by atoms with Gasteiger partial charge in [0.15, 0.2) is 0 Å². The Morgan fingerprint density at radius 1 is 1.14 bits per heavy atom. The Hall–Kier alpha value is -1.13. The maximum atomic E-state index is 13.6. The zero-order chi connectivity index (χ0) is 15.5. The Morgan fingerprint density at radius 2 is 1.90 bits per heavy atom. The van der Waals surface area contributed by atoms with Crippen molar-refractivity contribution in [1.82, 2.24) is 10.2 Å². The summed E-state index contributed by atoms with van der Waals surface area (Å²) in [6, 6.07) is 5.17. The number of halogens is 1. The highest BCUT2D eigenvalue weighted by Crippen LogP contribution is 2.23. The van der Waals surface area contributed by atoms with Crippen molar-refractivity contribution in [2.75, 3.05) is 38.1 Å². The number of hydrogen-bond donors (Lipinski definition) is 1. The van der Waals surface area contributed by atoms with Crippen LogP contribution >= 0.6 is 0 Å². The summed E-state index contributed by atoms with van der Waals surface area (Å²) in [6.07, 6.45) is 1.15. The number of nitrogens with one attached hydrogen (secondary N) is 1. The van der Waals surface area contributed by atoms with Crippen molar-refractivity contribution in [2.24, 2.45) is 0 Å². The van der Waals surface area contributed by atoms with Crippen LogP contribution in [0.4, 0.5) is 10.1 Å². The van der Waals surface area contributed by atoms with Gasteiger partial charge in [0, 0.05) is 37.4 Å². The predicted molar refractivity (Wildman–Crippen MR) is 87.3 cm³/mol. The van der Waals surface area contributed by atoms with Crippen LogP contribution in [0, 0.1) is 5.82 Å². The number of hydrogen-bond acceptors (Lipinski definition) is 3. The molecule has 1 aromatic rings. The summed E-state index contributed by atoms with van der Waals surface area (Å²) >= 11 is 0. The van der Waals surface area contributed by atoms with Crippen molar-refractivity contribution in [2.45, 2.75) is 39.3 Å². The summed E-state index contributed by atoms with van der Waals surface area (Å²) in [5, 5.41) is 3.47. The molecule has 0 aromatic heterocycles. The number of rotatable bonds is 3. The molecular formula is C17H28FN3. The number of nitrogens with zero attached hydrogens (tertiary/aromatic N) is 2. The third kappa shape index (κ3) is 4.97. The number of anilines is 1. The highest BCUT2D eigenvalue weighted by atomic mass is 19.1. The molecule has 0 aliphatic carbocycles. The first kappa shape index (κ1) is 16.2. The SMILES string of the molecule is CN1CCCN(c2ccc(F)cc2CNC(C)(C)C)CC1. The first-order chi connectivity index (χ1) is 9.85. The molecule has 0 bridgehead atoms. The van der Waals surface area contributed by atoms with E-state index >= 15 is 0 Å². The third-order valence-electron chi connectivity index (χ3n) is 3.91. The molecular weight excluding hydrogens is 265 g/mol. The maximum absolute atomic E-state index is 13.6. The van der Waals surface area contributed by atoms with Gasteiger partial charge < -0.3 is 15.1 Å². The fourth-order valence-electron chi connectivity index (χ4n) is 2.65. The lowest BCUT2D eigenvalue weighted by Gasteiger charge is -2.27. The molecule has 1 aliphatic rings. The fourth-order valence-corrected chi connectivity index (χ4v) is 2.65. The molecule has 0 saturated carbocycles. The fraction of sp³-hybridized carbons (Fsp3) is 0.647. The van der Waals surface area contributed by atoms with Gasteiger partial charge in [-0.1, -0.05) is 0 Å². The Kier molecular flexibility index (Phi) is 5.22. The molecule has 0 spiro atoms. The lowest BCUT2D eigenvalue weighted by Crippen LogP contribution is -2.36. The summed E-state index contributed by atoms with van der Waals surface area (Å²) in [5.74, 6) is -0.156. The van der Waals surface area contributed by atoms with E-state index < -0.39 is 0 Å². The first-order valence-corrected chi connectivity index (χ1v) is 7.82. The van der Waals surface area contributed by atoms with Gasteiger partial charge in [0.2, 0.25) is 0 Å². The van der Waals surface area contributed by atoms with Crippen molar-refractivity contribution < 1.29 is 4.39 Å². The molecule has 1 saturated heterocycles. The second-order valence-electron chi connectivity index (χ2n) is 7.02. The summed E-state index contributed by atoms with van der Waals surface area (Å²) < 4.78 is 13.6. The standard InChI is InChI=1S/C17H28FN3/c1-17(2,3)19-13-14-12-15(18)6-7-16(14)21-9-5-8-20(4)10-11-21/h6-7,12,19H,5,8-11,13H2,1-4H3. The summed E-state index contributed by atoms with van der Waals surface area (Å²) in [5.41, 5.74) is 2.25. The second kappa shape index (κ2) is 6.75. The van der Waals surface area contributed by atoms with Crippen LogP contribution in [-0.2, 0) is 6.54 Å². The molecule has 4 heteroatoms. The minimum Gasteiger partial charge on any atom is -0.370 e. The van der Waals surface area contributed by atoms with Crippen LogP contribution in [-0.4, -0.2) is 43.7 Å². The highest BCUT2D eigenvalue weighted by molar-refractivity contribution is 5.54. The van der Waals surface area contributed by atoms with E-state index in [4.69, 9.17) is 0 Å². The first-order valence-electron chi connectivity index (χ1n) is 7.82. The van der Waals surface area contributed by atoms with Gasteiger partial charge in [0.1, 0.15) is 5.82 Å². The minimum absolute atomic E-state index is 0.0303. The summed E-state index contributed by atoms with van der Waals surface area (Å²) in [6.45, 7) is 11.3. The van der Waals surface area contributed by atoms with E-state index in [0.29, 0.717) is 6.54 Å². The highest BCUT2D eigenvalue weighted by Gasteiger charge is 2.17. The molecule has 1 N–H and O–H groups in total. The van der Waals surface area contributed by atoms with Crippen molar-refractivity contribution >= 4 is 5.69 Å². The third-order valence-corrected chi connectivity index (χ3v) is 3.91. The molecule has 1 heterocycles. The molecule has 3 nitrogen and oxygen atoms in total. The van der Waals surface area contributed by atoms with Gasteiger partial charge in [-0.15, -0.1) is 0 Å². The molecule has 21 heavy (non-hydrogen) atoms. The van der Waals surface area contributed by atoms with E-state index in [-0.39, 0.29) is 11.4 Å². The van der Waals surface area contributed by atoms with Gasteiger partial charge in [-0.3, -0.25) is 0 Å². The van der Waals surface area contributed by atoms with Crippen molar-refractivity contribution in [3.05, 3.63) is 29.6 Å². The zero-order valence-corrected chi connectivity index (χ0v) is 13.7. The molecule has 1 aromatic carbocycles. The molecule has 2 rings (SSSR count). The minimum atomic E-state index is -0.156. The van der Waals surface area contributed by atoms with E-state index in [1.807, 2.05) is 6.07 Å². The van der Waals surface area contributed by atoms with Crippen molar-refractivity contribution in [3.8, 4) is 0 Å². The van der Waals surface area contributed by atoms with Crippen LogP contribution in [0.3, 0.4) is 0 Å². The van der Waals surface area contributed by atoms with Crippen LogP contribution in [0.1, 0.15) is 32.8 Å². The number of benzene rings is 1. The van der Waals surface area contributed by atoms with Crippen molar-refractivity contribution in [1.29, 1.82) is 0 Å². The lowest BCUT2D eigenvalue weighted by atomic mass is 10.1. The normalized spacial score (nSPS) is 17.9. The average Bonchev–Trinajstić information content (AvgIpc) is 2.61. The Balaban J connectivity index is 2.17. The van der Waals surface area contributed by atoms with Gasteiger partial charge >= 0.3 is 0 Å². The van der Waals surface area contributed by atoms with E-state index in [2.05, 4.69) is 42.9 Å². The largest absolute Gasteiger partial charge is 0.370 e. The van der Waals surface area contributed by atoms with E-state index in [1.165, 1.54) is 5.69 Å². The topological polar surface area (TPSA) is 18.5 Å². The lowest BCUT2D eigenvalue weighted by molar-refractivity contribution is 0.360. The van der Waals surface area contributed by atoms with Gasteiger partial charge in [0.05, 0.1) is 0 Å². The molecule has 0 amide bonds. The maximum Gasteiger partial charge on any atom is 0.123 e. The van der Waals surface area contributed by atoms with E-state index in [9.17, 15) is 4.39 Å². The second-order valence-corrected chi connectivity index (χ2v) is 7.02. The average molecular weight is 293 g/mol. The number of likely N-dealkylation sites (N-methyl/N-ethyl adjacent to an activating group) is 1. The smallest absolute Gasteiger partial charge is 0.123 e. The van der Waals surface area contributed by atoms with Gasteiger partial charge in [0.25, 0.3) is 0 Å².